The Morgan fingerprint density at radius 1 is 1.60 bits per heavy atom. The Balaban J connectivity index is 1.77. The lowest BCUT2D eigenvalue weighted by Gasteiger charge is -2.19. The maximum absolute atomic E-state index is 12.3. The van der Waals surface area contributed by atoms with E-state index >= 15 is 0 Å². The van der Waals surface area contributed by atoms with Crippen LogP contribution in [0.1, 0.15) is 39.9 Å². The molecule has 0 saturated heterocycles. The van der Waals surface area contributed by atoms with Gasteiger partial charge in [-0.2, -0.15) is 0 Å². The Bertz CT molecular complexity index is 632. The van der Waals surface area contributed by atoms with E-state index in [1.54, 1.807) is 22.2 Å². The molecule has 0 saturated carbocycles. The van der Waals surface area contributed by atoms with Crippen molar-refractivity contribution in [3.05, 3.63) is 27.7 Å². The van der Waals surface area contributed by atoms with E-state index in [2.05, 4.69) is 23.2 Å². The largest absolute Gasteiger partial charge is 0.311 e. The molecule has 3 rings (SSSR count). The van der Waals surface area contributed by atoms with Gasteiger partial charge in [-0.3, -0.25) is 4.79 Å². The van der Waals surface area contributed by atoms with Gasteiger partial charge in [-0.15, -0.1) is 21.5 Å². The van der Waals surface area contributed by atoms with Crippen LogP contribution in [0, 0.1) is 5.92 Å². The normalized spacial score (nSPS) is 18.0. The number of nitrogens with zero attached hydrogens (tertiary/aromatic N) is 3. The number of aryl methyl sites for hydroxylation is 2. The predicted molar refractivity (Wildman–Crippen MR) is 81.3 cm³/mol. The highest BCUT2D eigenvalue weighted by Gasteiger charge is 2.23. The van der Waals surface area contributed by atoms with Crippen LogP contribution in [0.25, 0.3) is 0 Å². The summed E-state index contributed by atoms with van der Waals surface area (Å²) in [5.74, 6) is 0.784. The van der Waals surface area contributed by atoms with Gasteiger partial charge in [0.05, 0.1) is 4.88 Å². The summed E-state index contributed by atoms with van der Waals surface area (Å²) in [7, 11) is 1.85. The van der Waals surface area contributed by atoms with Gasteiger partial charge in [0.2, 0.25) is 5.12 Å². The molecule has 1 aliphatic carbocycles. The smallest absolute Gasteiger partial charge is 0.237 e. The Morgan fingerprint density at radius 2 is 2.45 bits per heavy atom. The van der Waals surface area contributed by atoms with Crippen LogP contribution in [-0.4, -0.2) is 19.9 Å². The molecule has 0 amide bonds. The predicted octanol–water partition coefficient (Wildman–Crippen LogP) is 3.32. The van der Waals surface area contributed by atoms with Crippen molar-refractivity contribution in [2.24, 2.45) is 13.0 Å². The third-order valence-corrected chi connectivity index (χ3v) is 6.14. The van der Waals surface area contributed by atoms with Crippen molar-refractivity contribution >= 4 is 28.2 Å². The van der Waals surface area contributed by atoms with E-state index in [0.717, 1.165) is 35.4 Å². The van der Waals surface area contributed by atoms with Gasteiger partial charge in [-0.25, -0.2) is 0 Å². The second-order valence-corrected chi connectivity index (χ2v) is 7.27. The second-order valence-electron chi connectivity index (χ2n) is 5.19. The fourth-order valence-corrected chi connectivity index (χ4v) is 4.44. The molecular formula is C14H17N3OS2. The molecule has 2 aromatic rings. The topological polar surface area (TPSA) is 47.8 Å². The minimum absolute atomic E-state index is 0.0774. The number of rotatable bonds is 3. The number of aromatic nitrogens is 3. The molecule has 106 valence electrons. The van der Waals surface area contributed by atoms with Gasteiger partial charge in [-0.05, 0) is 48.6 Å². The molecule has 0 aliphatic heterocycles. The zero-order valence-corrected chi connectivity index (χ0v) is 13.3. The number of carbonyl (C=O) groups excluding carboxylic acids is 1. The number of hydrogen-bond donors (Lipinski definition) is 0. The lowest BCUT2D eigenvalue weighted by Crippen LogP contribution is -2.10. The number of hydrogen-bond acceptors (Lipinski definition) is 5. The molecule has 1 unspecified atom stereocenters. The Morgan fingerprint density at radius 3 is 3.15 bits per heavy atom. The van der Waals surface area contributed by atoms with Crippen LogP contribution in [0.3, 0.4) is 0 Å². The summed E-state index contributed by atoms with van der Waals surface area (Å²) >= 11 is 2.82. The van der Waals surface area contributed by atoms with E-state index in [1.165, 1.54) is 23.3 Å². The van der Waals surface area contributed by atoms with E-state index < -0.39 is 0 Å². The molecule has 1 aliphatic rings. The third-order valence-electron chi connectivity index (χ3n) is 3.82. The first-order valence-electron chi connectivity index (χ1n) is 6.85. The average Bonchev–Trinajstić information content (AvgIpc) is 3.04. The summed E-state index contributed by atoms with van der Waals surface area (Å²) in [5.41, 5.74) is 1.38. The summed E-state index contributed by atoms with van der Waals surface area (Å²) in [6.07, 6.45) is 6.35. The average molecular weight is 307 g/mol. The molecule has 0 fully saturated rings. The fraction of sp³-hybridized carbons (Fsp3) is 0.500. The lowest BCUT2D eigenvalue weighted by atomic mass is 9.87. The summed E-state index contributed by atoms with van der Waals surface area (Å²) in [6, 6.07) is 2.09. The van der Waals surface area contributed by atoms with E-state index in [0.29, 0.717) is 5.16 Å². The number of fused-ring (bicyclic) bond motifs is 1. The van der Waals surface area contributed by atoms with Gasteiger partial charge in [-0.1, -0.05) is 13.3 Å². The van der Waals surface area contributed by atoms with E-state index in [9.17, 15) is 4.79 Å². The van der Waals surface area contributed by atoms with Crippen LogP contribution in [0.2, 0.25) is 0 Å². The number of thioether (sulfide) groups is 1. The van der Waals surface area contributed by atoms with Crippen LogP contribution >= 0.6 is 23.1 Å². The molecule has 1 atom stereocenters. The first kappa shape index (κ1) is 13.8. The van der Waals surface area contributed by atoms with Gasteiger partial charge < -0.3 is 4.57 Å². The second kappa shape index (κ2) is 5.69. The zero-order valence-electron chi connectivity index (χ0n) is 11.6. The fourth-order valence-electron chi connectivity index (χ4n) is 2.55. The third kappa shape index (κ3) is 2.67. The molecule has 2 aromatic heterocycles. The molecular weight excluding hydrogens is 290 g/mol. The van der Waals surface area contributed by atoms with Gasteiger partial charge in [0, 0.05) is 11.9 Å². The quantitative estimate of drug-likeness (QED) is 0.816. The molecule has 0 radical (unpaired) electrons. The van der Waals surface area contributed by atoms with Crippen LogP contribution in [0.4, 0.5) is 0 Å². The highest BCUT2D eigenvalue weighted by Crippen LogP contribution is 2.35. The highest BCUT2D eigenvalue weighted by molar-refractivity contribution is 8.14. The highest BCUT2D eigenvalue weighted by atomic mass is 32.2. The molecule has 4 nitrogen and oxygen atoms in total. The molecule has 20 heavy (non-hydrogen) atoms. The molecule has 0 aromatic carbocycles. The molecule has 0 N–H and O–H groups in total. The maximum atomic E-state index is 12.3. The van der Waals surface area contributed by atoms with Gasteiger partial charge >= 0.3 is 0 Å². The summed E-state index contributed by atoms with van der Waals surface area (Å²) in [5, 5.41) is 8.47. The van der Waals surface area contributed by atoms with Crippen LogP contribution in [-0.2, 0) is 19.9 Å². The van der Waals surface area contributed by atoms with Crippen molar-refractivity contribution in [1.29, 1.82) is 0 Å². The maximum Gasteiger partial charge on any atom is 0.237 e. The van der Waals surface area contributed by atoms with E-state index in [1.807, 2.05) is 7.05 Å². The number of carbonyl (C=O) groups is 1. The van der Waals surface area contributed by atoms with Crippen molar-refractivity contribution in [2.45, 2.75) is 37.8 Å². The van der Waals surface area contributed by atoms with Crippen molar-refractivity contribution < 1.29 is 4.79 Å². The monoisotopic (exact) mass is 307 g/mol. The van der Waals surface area contributed by atoms with Crippen LogP contribution in [0.5, 0.6) is 0 Å². The van der Waals surface area contributed by atoms with E-state index in [4.69, 9.17) is 0 Å². The summed E-state index contributed by atoms with van der Waals surface area (Å²) in [4.78, 5) is 14.6. The molecule has 2 heterocycles. The summed E-state index contributed by atoms with van der Waals surface area (Å²) in [6.45, 7) is 2.25. The van der Waals surface area contributed by atoms with Crippen LogP contribution in [0.15, 0.2) is 17.6 Å². The first-order chi connectivity index (χ1) is 9.67. The van der Waals surface area contributed by atoms with E-state index in [-0.39, 0.29) is 5.12 Å². The van der Waals surface area contributed by atoms with Crippen molar-refractivity contribution in [2.75, 3.05) is 0 Å². The first-order valence-corrected chi connectivity index (χ1v) is 8.48. The number of thiophene rings is 1. The minimum atomic E-state index is 0.0774. The van der Waals surface area contributed by atoms with Gasteiger partial charge in [0.1, 0.15) is 6.33 Å². The molecule has 6 heteroatoms. The Labute approximate surface area is 126 Å². The van der Waals surface area contributed by atoms with Gasteiger partial charge in [0.25, 0.3) is 0 Å². The van der Waals surface area contributed by atoms with Crippen molar-refractivity contribution in [3.63, 3.8) is 0 Å². The summed E-state index contributed by atoms with van der Waals surface area (Å²) < 4.78 is 1.77. The zero-order chi connectivity index (χ0) is 14.1. The molecule has 0 spiro atoms. The Hall–Kier alpha value is -1.14. The Kier molecular flexibility index (Phi) is 3.94. The van der Waals surface area contributed by atoms with Crippen molar-refractivity contribution in [3.8, 4) is 0 Å². The standard InChI is InChI=1S/C14H17N3OS2/c1-3-9-4-5-11-10(6-9)7-12(19-11)13(18)20-14-16-15-8-17(14)2/h7-9H,3-6H2,1-2H3. The van der Waals surface area contributed by atoms with Crippen LogP contribution < -0.4 is 0 Å². The SMILES string of the molecule is CCC1CCc2sc(C(=O)Sc3nncn3C)cc2C1. The molecule has 0 bridgehead atoms. The minimum Gasteiger partial charge on any atom is -0.311 e. The lowest BCUT2D eigenvalue weighted by molar-refractivity contribution is 0.109. The van der Waals surface area contributed by atoms with Crippen molar-refractivity contribution in [1.82, 2.24) is 14.8 Å². The van der Waals surface area contributed by atoms with Gasteiger partial charge in [0.15, 0.2) is 5.16 Å².